The van der Waals surface area contributed by atoms with Crippen LogP contribution in [0.5, 0.6) is 5.75 Å². The van der Waals surface area contributed by atoms with E-state index in [1.807, 2.05) is 18.2 Å². The van der Waals surface area contributed by atoms with Crippen LogP contribution in [-0.4, -0.2) is 124 Å². The van der Waals surface area contributed by atoms with E-state index in [0.717, 1.165) is 75.1 Å². The van der Waals surface area contributed by atoms with E-state index in [1.54, 1.807) is 30.3 Å². The van der Waals surface area contributed by atoms with Gasteiger partial charge in [-0.05, 0) is 69.6 Å². The number of piperidine rings is 2. The Morgan fingerprint density at radius 1 is 0.920 bits per heavy atom. The first kappa shape index (κ1) is 32.1. The summed E-state index contributed by atoms with van der Waals surface area (Å²) in [6.07, 6.45) is 2.36. The van der Waals surface area contributed by atoms with Gasteiger partial charge < -0.3 is 25.5 Å². The first-order chi connectivity index (χ1) is 24.2. The molecule has 0 radical (unpaired) electrons. The third-order valence-corrected chi connectivity index (χ3v) is 10.8. The van der Waals surface area contributed by atoms with E-state index in [4.69, 9.17) is 0 Å². The molecule has 4 amide bonds. The smallest absolute Gasteiger partial charge is 0.264 e. The largest absolute Gasteiger partial charge is 0.507 e. The van der Waals surface area contributed by atoms with Crippen LogP contribution in [0.25, 0.3) is 11.3 Å². The highest BCUT2D eigenvalue weighted by molar-refractivity contribution is 6.25. The molecule has 14 nitrogen and oxygen atoms in total. The molecule has 3 fully saturated rings. The number of phenolic OH excluding ortho intramolecular Hbond substituents is 1. The van der Waals surface area contributed by atoms with Gasteiger partial charge >= 0.3 is 0 Å². The van der Waals surface area contributed by atoms with Crippen LogP contribution >= 0.6 is 0 Å². The molecule has 3 atom stereocenters. The fourth-order valence-electron chi connectivity index (χ4n) is 8.27. The van der Waals surface area contributed by atoms with Gasteiger partial charge in [0.1, 0.15) is 11.8 Å². The van der Waals surface area contributed by atoms with E-state index in [2.05, 4.69) is 47.8 Å². The third kappa shape index (κ3) is 5.81. The van der Waals surface area contributed by atoms with Gasteiger partial charge in [0.15, 0.2) is 5.82 Å². The standard InChI is InChI=1S/C36H41N9O5/c1-21(38-26-7-4-6-25-32(26)36(50)45(35(25)49)28-9-10-31(47)39-34(28)48)19-42-13-11-22(12-14-42)43-15-16-44-23(20-43)18-37-33-29(44)17-27(40-41-33)24-5-2-3-8-30(24)46/h2-8,17,21-23,28,38,46H,9-16,18-20H2,1H3,(H,37,41)(H,39,47,48)/t21-,23-,28?/m0/s1. The minimum Gasteiger partial charge on any atom is -0.507 e. The van der Waals surface area contributed by atoms with Gasteiger partial charge in [-0.25, -0.2) is 0 Å². The number of likely N-dealkylation sites (tertiary alicyclic amines) is 1. The van der Waals surface area contributed by atoms with Crippen LogP contribution in [-0.2, 0) is 9.59 Å². The third-order valence-electron chi connectivity index (χ3n) is 10.8. The zero-order valence-electron chi connectivity index (χ0n) is 28.0. The fourth-order valence-corrected chi connectivity index (χ4v) is 8.27. The van der Waals surface area contributed by atoms with E-state index in [-0.39, 0.29) is 35.8 Å². The van der Waals surface area contributed by atoms with Crippen molar-refractivity contribution in [2.45, 2.75) is 56.8 Å². The SMILES string of the molecule is C[C@@H](CN1CCC(N2CCN3c4cc(-c5ccccc5O)nnc4NC[C@H]3C2)CC1)Nc1cccc2c1C(=O)N(C1CCC(=O)NC1=O)C2=O. The molecule has 50 heavy (non-hydrogen) atoms. The van der Waals surface area contributed by atoms with Gasteiger partial charge in [0, 0.05) is 62.5 Å². The Morgan fingerprint density at radius 3 is 2.52 bits per heavy atom. The van der Waals surface area contributed by atoms with Crippen molar-refractivity contribution in [1.82, 2.24) is 30.2 Å². The summed E-state index contributed by atoms with van der Waals surface area (Å²) in [7, 11) is 0. The molecule has 6 heterocycles. The highest BCUT2D eigenvalue weighted by atomic mass is 16.3. The monoisotopic (exact) mass is 679 g/mol. The summed E-state index contributed by atoms with van der Waals surface area (Å²) in [6.45, 7) is 8.43. The van der Waals surface area contributed by atoms with Crippen molar-refractivity contribution in [3.05, 3.63) is 59.7 Å². The second kappa shape index (κ2) is 13.0. The Balaban J connectivity index is 0.857. The van der Waals surface area contributed by atoms with Gasteiger partial charge in [-0.1, -0.05) is 18.2 Å². The van der Waals surface area contributed by atoms with Crippen LogP contribution in [0.1, 0.15) is 53.3 Å². The topological polar surface area (TPSA) is 163 Å². The number of nitrogens with zero attached hydrogens (tertiary/aromatic N) is 6. The number of benzene rings is 2. The number of amides is 4. The fraction of sp³-hybridized carbons (Fsp3) is 0.444. The van der Waals surface area contributed by atoms with Crippen LogP contribution in [0, 0.1) is 0 Å². The molecule has 0 saturated carbocycles. The summed E-state index contributed by atoms with van der Waals surface area (Å²) in [5.74, 6) is -1.03. The number of hydrogen-bond donors (Lipinski definition) is 4. The number of para-hydroxylation sites is 1. The van der Waals surface area contributed by atoms with Crippen molar-refractivity contribution in [2.24, 2.45) is 0 Å². The average molecular weight is 680 g/mol. The van der Waals surface area contributed by atoms with Crippen LogP contribution in [0.2, 0.25) is 0 Å². The Hall–Kier alpha value is -5.08. The quantitative estimate of drug-likeness (QED) is 0.270. The maximum atomic E-state index is 13.5. The van der Waals surface area contributed by atoms with E-state index >= 15 is 0 Å². The van der Waals surface area contributed by atoms with Crippen LogP contribution < -0.4 is 20.9 Å². The van der Waals surface area contributed by atoms with Gasteiger partial charge in [0.05, 0.1) is 28.6 Å². The normalized spacial score (nSPS) is 23.5. The summed E-state index contributed by atoms with van der Waals surface area (Å²) in [5.41, 5.74) is 3.51. The molecule has 1 unspecified atom stereocenters. The molecule has 3 aromatic rings. The molecule has 260 valence electrons. The van der Waals surface area contributed by atoms with Gasteiger partial charge in [-0.15, -0.1) is 10.2 Å². The molecule has 14 heteroatoms. The number of imide groups is 2. The number of aromatic hydroxyl groups is 1. The maximum absolute atomic E-state index is 13.5. The van der Waals surface area contributed by atoms with E-state index in [1.165, 1.54) is 0 Å². The summed E-state index contributed by atoms with van der Waals surface area (Å²) < 4.78 is 0. The van der Waals surface area contributed by atoms with Crippen molar-refractivity contribution < 1.29 is 24.3 Å². The Labute approximate surface area is 289 Å². The summed E-state index contributed by atoms with van der Waals surface area (Å²) in [5, 5.41) is 28.4. The Kier molecular flexibility index (Phi) is 8.35. The van der Waals surface area contributed by atoms with Crippen LogP contribution in [0.3, 0.4) is 0 Å². The molecular formula is C36H41N9O5. The van der Waals surface area contributed by atoms with E-state index in [9.17, 15) is 24.3 Å². The first-order valence-electron chi connectivity index (χ1n) is 17.5. The minimum atomic E-state index is -0.989. The van der Waals surface area contributed by atoms with Crippen molar-refractivity contribution in [3.63, 3.8) is 0 Å². The lowest BCUT2D eigenvalue weighted by molar-refractivity contribution is -0.136. The van der Waals surface area contributed by atoms with Crippen molar-refractivity contribution in [2.75, 3.05) is 61.3 Å². The zero-order valence-corrected chi connectivity index (χ0v) is 28.0. The molecule has 8 rings (SSSR count). The number of carbonyl (C=O) groups excluding carboxylic acids is 4. The second-order valence-electron chi connectivity index (χ2n) is 14.0. The summed E-state index contributed by atoms with van der Waals surface area (Å²) in [6, 6.07) is 14.2. The first-order valence-corrected chi connectivity index (χ1v) is 17.5. The molecular weight excluding hydrogens is 638 g/mol. The lowest BCUT2D eigenvalue weighted by atomic mass is 9.99. The predicted octanol–water partition coefficient (Wildman–Crippen LogP) is 2.13. The lowest BCUT2D eigenvalue weighted by Crippen LogP contribution is -2.61. The van der Waals surface area contributed by atoms with Crippen LogP contribution in [0.4, 0.5) is 17.2 Å². The molecule has 5 aliphatic heterocycles. The predicted molar refractivity (Wildman–Crippen MR) is 186 cm³/mol. The number of anilines is 3. The molecule has 3 saturated heterocycles. The van der Waals surface area contributed by atoms with Gasteiger partial charge in [0.2, 0.25) is 11.8 Å². The Morgan fingerprint density at radius 2 is 1.72 bits per heavy atom. The van der Waals surface area contributed by atoms with Crippen molar-refractivity contribution in [3.8, 4) is 17.0 Å². The number of piperazine rings is 1. The molecule has 2 aromatic carbocycles. The number of fused-ring (bicyclic) bond motifs is 4. The number of carbonyl (C=O) groups is 4. The van der Waals surface area contributed by atoms with E-state index in [0.29, 0.717) is 29.0 Å². The van der Waals surface area contributed by atoms with Crippen LogP contribution in [0.15, 0.2) is 48.5 Å². The number of rotatable bonds is 7. The molecule has 1 aromatic heterocycles. The van der Waals surface area contributed by atoms with Crippen molar-refractivity contribution in [1.29, 1.82) is 0 Å². The molecule has 0 aliphatic carbocycles. The van der Waals surface area contributed by atoms with Gasteiger partial charge in [-0.3, -0.25) is 34.3 Å². The minimum absolute atomic E-state index is 0.00770. The lowest BCUT2D eigenvalue weighted by Gasteiger charge is -2.49. The van der Waals surface area contributed by atoms with E-state index < -0.39 is 29.7 Å². The molecule has 0 spiro atoms. The maximum Gasteiger partial charge on any atom is 0.264 e. The summed E-state index contributed by atoms with van der Waals surface area (Å²) in [4.78, 5) is 59.4. The zero-order chi connectivity index (χ0) is 34.5. The second-order valence-corrected chi connectivity index (χ2v) is 14.0. The number of phenols is 1. The summed E-state index contributed by atoms with van der Waals surface area (Å²) >= 11 is 0. The highest BCUT2D eigenvalue weighted by Crippen LogP contribution is 2.37. The number of aromatic nitrogens is 2. The molecule has 4 N–H and O–H groups in total. The van der Waals surface area contributed by atoms with Gasteiger partial charge in [0.25, 0.3) is 11.8 Å². The van der Waals surface area contributed by atoms with Gasteiger partial charge in [-0.2, -0.15) is 0 Å². The highest BCUT2D eigenvalue weighted by Gasteiger charge is 2.46. The Bertz CT molecular complexity index is 1860. The number of hydrogen-bond acceptors (Lipinski definition) is 12. The molecule has 0 bridgehead atoms. The average Bonchev–Trinajstić information content (AvgIpc) is 3.37. The van der Waals surface area contributed by atoms with Crippen molar-refractivity contribution >= 4 is 40.8 Å². The number of nitrogens with one attached hydrogen (secondary N) is 3. The molecule has 5 aliphatic rings.